The van der Waals surface area contributed by atoms with E-state index in [4.69, 9.17) is 0 Å². The Bertz CT molecular complexity index is 607. The standard InChI is InChI=1S/C14H19N5OS/c1-17(2)14(20)11-7-18(10-13-15-5-6-21-13)9-12-3-4-16-19(12)8-11/h3-6,11H,7-10H2,1-2H3. The van der Waals surface area contributed by atoms with Crippen LogP contribution in [0.3, 0.4) is 0 Å². The molecule has 112 valence electrons. The fourth-order valence-electron chi connectivity index (χ4n) is 2.69. The molecule has 6 nitrogen and oxygen atoms in total. The molecule has 0 N–H and O–H groups in total. The van der Waals surface area contributed by atoms with Crippen molar-refractivity contribution >= 4 is 17.2 Å². The number of hydrogen-bond acceptors (Lipinski definition) is 5. The molecule has 1 aliphatic heterocycles. The zero-order chi connectivity index (χ0) is 14.8. The molecule has 2 aromatic rings. The fraction of sp³-hybridized carbons (Fsp3) is 0.500. The Morgan fingerprint density at radius 1 is 1.43 bits per heavy atom. The largest absolute Gasteiger partial charge is 0.348 e. The molecular weight excluding hydrogens is 286 g/mol. The number of rotatable bonds is 3. The van der Waals surface area contributed by atoms with E-state index in [-0.39, 0.29) is 11.8 Å². The lowest BCUT2D eigenvalue weighted by atomic mass is 10.1. The van der Waals surface area contributed by atoms with Gasteiger partial charge < -0.3 is 4.90 Å². The average Bonchev–Trinajstić information content (AvgIpc) is 3.07. The maximum atomic E-state index is 12.4. The summed E-state index contributed by atoms with van der Waals surface area (Å²) in [4.78, 5) is 20.7. The molecule has 0 saturated heterocycles. The van der Waals surface area contributed by atoms with E-state index in [1.807, 2.05) is 36.4 Å². The van der Waals surface area contributed by atoms with Crippen molar-refractivity contribution in [3.8, 4) is 0 Å². The summed E-state index contributed by atoms with van der Waals surface area (Å²) in [6.07, 6.45) is 3.63. The van der Waals surface area contributed by atoms with Gasteiger partial charge in [-0.05, 0) is 6.07 Å². The minimum absolute atomic E-state index is 0.0684. The molecule has 0 saturated carbocycles. The fourth-order valence-corrected chi connectivity index (χ4v) is 3.35. The van der Waals surface area contributed by atoms with Crippen LogP contribution in [0.15, 0.2) is 23.8 Å². The lowest BCUT2D eigenvalue weighted by Crippen LogP contribution is -2.38. The van der Waals surface area contributed by atoms with Crippen LogP contribution in [0.25, 0.3) is 0 Å². The molecule has 0 fully saturated rings. The van der Waals surface area contributed by atoms with E-state index in [1.54, 1.807) is 22.4 Å². The summed E-state index contributed by atoms with van der Waals surface area (Å²) in [5.41, 5.74) is 1.15. The monoisotopic (exact) mass is 305 g/mol. The molecular formula is C14H19N5OS. The smallest absolute Gasteiger partial charge is 0.228 e. The van der Waals surface area contributed by atoms with Gasteiger partial charge in [-0.15, -0.1) is 11.3 Å². The molecule has 0 radical (unpaired) electrons. The van der Waals surface area contributed by atoms with Gasteiger partial charge in [0.05, 0.1) is 24.7 Å². The first kappa shape index (κ1) is 14.2. The third kappa shape index (κ3) is 3.14. The number of thiazole rings is 1. The number of hydrogen-bond donors (Lipinski definition) is 0. The summed E-state index contributed by atoms with van der Waals surface area (Å²) >= 11 is 1.65. The van der Waals surface area contributed by atoms with Crippen molar-refractivity contribution in [2.75, 3.05) is 20.6 Å². The number of amides is 1. The molecule has 1 aliphatic rings. The van der Waals surface area contributed by atoms with Gasteiger partial charge in [-0.1, -0.05) is 0 Å². The molecule has 0 aliphatic carbocycles. The SMILES string of the molecule is CN(C)C(=O)C1CN(Cc2nccs2)Cc2ccnn2C1. The van der Waals surface area contributed by atoms with E-state index in [0.29, 0.717) is 6.54 Å². The summed E-state index contributed by atoms with van der Waals surface area (Å²) < 4.78 is 1.95. The Hall–Kier alpha value is -1.73. The van der Waals surface area contributed by atoms with Crippen molar-refractivity contribution in [3.63, 3.8) is 0 Å². The van der Waals surface area contributed by atoms with E-state index in [1.165, 1.54) is 0 Å². The molecule has 3 heterocycles. The molecule has 1 amide bonds. The molecule has 2 aromatic heterocycles. The van der Waals surface area contributed by atoms with Crippen molar-refractivity contribution in [3.05, 3.63) is 34.5 Å². The average molecular weight is 305 g/mol. The van der Waals surface area contributed by atoms with Crippen LogP contribution >= 0.6 is 11.3 Å². The molecule has 3 rings (SSSR count). The zero-order valence-electron chi connectivity index (χ0n) is 12.3. The number of carbonyl (C=O) groups is 1. The molecule has 1 atom stereocenters. The first-order valence-electron chi connectivity index (χ1n) is 6.96. The highest BCUT2D eigenvalue weighted by Gasteiger charge is 2.28. The highest BCUT2D eigenvalue weighted by atomic mass is 32.1. The van der Waals surface area contributed by atoms with Crippen LogP contribution < -0.4 is 0 Å². The minimum Gasteiger partial charge on any atom is -0.348 e. The second-order valence-corrected chi connectivity index (χ2v) is 6.51. The lowest BCUT2D eigenvalue weighted by molar-refractivity contribution is -0.134. The summed E-state index contributed by atoms with van der Waals surface area (Å²) in [6, 6.07) is 2.03. The predicted octanol–water partition coefficient (Wildman–Crippen LogP) is 1.06. The van der Waals surface area contributed by atoms with Gasteiger partial charge in [0.1, 0.15) is 5.01 Å². The van der Waals surface area contributed by atoms with Gasteiger partial charge in [0.25, 0.3) is 0 Å². The van der Waals surface area contributed by atoms with Gasteiger partial charge in [0, 0.05) is 45.0 Å². The number of aromatic nitrogens is 3. The van der Waals surface area contributed by atoms with Gasteiger partial charge in [0.2, 0.25) is 5.91 Å². The van der Waals surface area contributed by atoms with Gasteiger partial charge in [0.15, 0.2) is 0 Å². The van der Waals surface area contributed by atoms with E-state index in [9.17, 15) is 4.79 Å². The molecule has 21 heavy (non-hydrogen) atoms. The number of nitrogens with zero attached hydrogens (tertiary/aromatic N) is 5. The van der Waals surface area contributed by atoms with Crippen LogP contribution in [0.1, 0.15) is 10.7 Å². The first-order chi connectivity index (χ1) is 10.1. The van der Waals surface area contributed by atoms with Crippen LogP contribution in [-0.4, -0.2) is 51.1 Å². The third-order valence-electron chi connectivity index (χ3n) is 3.69. The van der Waals surface area contributed by atoms with Crippen LogP contribution in [0.5, 0.6) is 0 Å². The van der Waals surface area contributed by atoms with Crippen molar-refractivity contribution in [1.82, 2.24) is 24.6 Å². The second kappa shape index (κ2) is 5.95. The molecule has 7 heteroatoms. The van der Waals surface area contributed by atoms with Crippen molar-refractivity contribution in [2.24, 2.45) is 5.92 Å². The van der Waals surface area contributed by atoms with Crippen molar-refractivity contribution in [1.29, 1.82) is 0 Å². The van der Waals surface area contributed by atoms with Crippen molar-refractivity contribution < 1.29 is 4.79 Å². The Balaban J connectivity index is 1.82. The van der Waals surface area contributed by atoms with Crippen LogP contribution in [0, 0.1) is 5.92 Å². The van der Waals surface area contributed by atoms with Gasteiger partial charge >= 0.3 is 0 Å². The predicted molar refractivity (Wildman–Crippen MR) is 80.6 cm³/mol. The van der Waals surface area contributed by atoms with Gasteiger partial charge in [-0.25, -0.2) is 4.98 Å². The number of fused-ring (bicyclic) bond motifs is 1. The van der Waals surface area contributed by atoms with E-state index >= 15 is 0 Å². The van der Waals surface area contributed by atoms with Gasteiger partial charge in [-0.3, -0.25) is 14.4 Å². The zero-order valence-corrected chi connectivity index (χ0v) is 13.1. The highest BCUT2D eigenvalue weighted by molar-refractivity contribution is 7.09. The highest BCUT2D eigenvalue weighted by Crippen LogP contribution is 2.19. The molecule has 1 unspecified atom stereocenters. The van der Waals surface area contributed by atoms with Crippen LogP contribution in [0.2, 0.25) is 0 Å². The molecule has 0 bridgehead atoms. The third-order valence-corrected chi connectivity index (χ3v) is 4.46. The molecule has 0 spiro atoms. The van der Waals surface area contributed by atoms with Crippen molar-refractivity contribution in [2.45, 2.75) is 19.6 Å². The molecule has 0 aromatic carbocycles. The summed E-state index contributed by atoms with van der Waals surface area (Å²) in [6.45, 7) is 2.96. The number of carbonyl (C=O) groups excluding carboxylic acids is 1. The Morgan fingerprint density at radius 3 is 3.00 bits per heavy atom. The van der Waals surface area contributed by atoms with Crippen LogP contribution in [0.4, 0.5) is 0 Å². The Labute approximate surface area is 128 Å². The maximum absolute atomic E-state index is 12.4. The summed E-state index contributed by atoms with van der Waals surface area (Å²) in [5.74, 6) is 0.0867. The van der Waals surface area contributed by atoms with Crippen LogP contribution in [-0.2, 0) is 24.4 Å². The quantitative estimate of drug-likeness (QED) is 0.851. The minimum atomic E-state index is -0.0684. The van der Waals surface area contributed by atoms with E-state index in [2.05, 4.69) is 15.0 Å². The maximum Gasteiger partial charge on any atom is 0.228 e. The Kier molecular flexibility index (Phi) is 4.03. The first-order valence-corrected chi connectivity index (χ1v) is 7.84. The normalized spacial score (nSPS) is 19.0. The Morgan fingerprint density at radius 2 is 2.29 bits per heavy atom. The topological polar surface area (TPSA) is 54.3 Å². The lowest BCUT2D eigenvalue weighted by Gasteiger charge is -2.24. The summed E-state index contributed by atoms with van der Waals surface area (Å²) in [7, 11) is 3.62. The van der Waals surface area contributed by atoms with Gasteiger partial charge in [-0.2, -0.15) is 5.10 Å². The van der Waals surface area contributed by atoms with E-state index < -0.39 is 0 Å². The summed E-state index contributed by atoms with van der Waals surface area (Å²) in [5, 5.41) is 7.41. The second-order valence-electron chi connectivity index (χ2n) is 5.53. The van der Waals surface area contributed by atoms with E-state index in [0.717, 1.165) is 30.3 Å².